The number of ketones is 1. The summed E-state index contributed by atoms with van der Waals surface area (Å²) in [7, 11) is 0. The van der Waals surface area contributed by atoms with Crippen LogP contribution in [0.2, 0.25) is 0 Å². The second kappa shape index (κ2) is 5.92. The van der Waals surface area contributed by atoms with Gasteiger partial charge in [0.05, 0.1) is 0 Å². The lowest BCUT2D eigenvalue weighted by Gasteiger charge is -2.12. The van der Waals surface area contributed by atoms with Gasteiger partial charge in [0.15, 0.2) is 5.78 Å². The summed E-state index contributed by atoms with van der Waals surface area (Å²) in [5, 5.41) is 2.78. The van der Waals surface area contributed by atoms with Crippen molar-refractivity contribution in [3.63, 3.8) is 0 Å². The number of rotatable bonds is 3. The quantitative estimate of drug-likeness (QED) is 0.870. The normalized spacial score (nSPS) is 10.3. The smallest absolute Gasteiger partial charge is 0.221 e. The van der Waals surface area contributed by atoms with Gasteiger partial charge in [-0.05, 0) is 50.1 Å². The number of carbonyl (C=O) groups is 2. The van der Waals surface area contributed by atoms with Crippen molar-refractivity contribution >= 4 is 17.4 Å². The van der Waals surface area contributed by atoms with Gasteiger partial charge in [-0.1, -0.05) is 23.8 Å². The summed E-state index contributed by atoms with van der Waals surface area (Å²) in [5.41, 5.74) is 4.91. The zero-order valence-corrected chi connectivity index (χ0v) is 12.8. The van der Waals surface area contributed by atoms with Crippen molar-refractivity contribution in [2.24, 2.45) is 0 Å². The molecule has 0 aliphatic heterocycles. The van der Waals surface area contributed by atoms with Gasteiger partial charge < -0.3 is 5.32 Å². The Balaban J connectivity index is 2.43. The first kappa shape index (κ1) is 15.0. The van der Waals surface area contributed by atoms with E-state index in [0.29, 0.717) is 11.1 Å². The standard InChI is InChI=1S/C18H19NO2/c1-11-6-5-7-15(8-11)18(21)16-9-13(3)17(10-12(16)2)19-14(4)20/h5-10H,1-4H3,(H,19,20). The van der Waals surface area contributed by atoms with Crippen molar-refractivity contribution in [2.45, 2.75) is 27.7 Å². The van der Waals surface area contributed by atoms with E-state index >= 15 is 0 Å². The van der Waals surface area contributed by atoms with Gasteiger partial charge in [0.1, 0.15) is 0 Å². The van der Waals surface area contributed by atoms with Crippen LogP contribution in [0.3, 0.4) is 0 Å². The van der Waals surface area contributed by atoms with Crippen LogP contribution in [0.4, 0.5) is 5.69 Å². The number of hydrogen-bond donors (Lipinski definition) is 1. The van der Waals surface area contributed by atoms with Crippen molar-refractivity contribution in [3.05, 3.63) is 64.2 Å². The molecule has 1 N–H and O–H groups in total. The first-order valence-corrected chi connectivity index (χ1v) is 6.88. The molecule has 1 amide bonds. The fourth-order valence-electron chi connectivity index (χ4n) is 2.33. The third-order valence-corrected chi connectivity index (χ3v) is 3.41. The van der Waals surface area contributed by atoms with Gasteiger partial charge in [0.25, 0.3) is 0 Å². The summed E-state index contributed by atoms with van der Waals surface area (Å²) in [4.78, 5) is 23.8. The minimum Gasteiger partial charge on any atom is -0.326 e. The Morgan fingerprint density at radius 3 is 2.29 bits per heavy atom. The van der Waals surface area contributed by atoms with E-state index in [1.54, 1.807) is 0 Å². The molecule has 0 aliphatic carbocycles. The molecule has 0 aliphatic rings. The van der Waals surface area contributed by atoms with E-state index in [-0.39, 0.29) is 11.7 Å². The van der Waals surface area contributed by atoms with Crippen LogP contribution in [0.5, 0.6) is 0 Å². The molecule has 21 heavy (non-hydrogen) atoms. The molecule has 0 bridgehead atoms. The Bertz CT molecular complexity index is 717. The fraction of sp³-hybridized carbons (Fsp3) is 0.222. The Hall–Kier alpha value is -2.42. The third-order valence-electron chi connectivity index (χ3n) is 3.41. The second-order valence-corrected chi connectivity index (χ2v) is 5.36. The third kappa shape index (κ3) is 3.37. The first-order chi connectivity index (χ1) is 9.88. The van der Waals surface area contributed by atoms with Gasteiger partial charge in [0.2, 0.25) is 5.91 Å². The van der Waals surface area contributed by atoms with Crippen LogP contribution in [0, 0.1) is 20.8 Å². The van der Waals surface area contributed by atoms with E-state index in [4.69, 9.17) is 0 Å². The van der Waals surface area contributed by atoms with Gasteiger partial charge >= 0.3 is 0 Å². The van der Waals surface area contributed by atoms with Crippen LogP contribution in [-0.4, -0.2) is 11.7 Å². The lowest BCUT2D eigenvalue weighted by molar-refractivity contribution is -0.114. The summed E-state index contributed by atoms with van der Waals surface area (Å²) >= 11 is 0. The van der Waals surface area contributed by atoms with E-state index in [9.17, 15) is 9.59 Å². The predicted octanol–water partition coefficient (Wildman–Crippen LogP) is 3.80. The highest BCUT2D eigenvalue weighted by atomic mass is 16.1. The Kier molecular flexibility index (Phi) is 4.22. The highest BCUT2D eigenvalue weighted by molar-refractivity contribution is 6.10. The van der Waals surface area contributed by atoms with Gasteiger partial charge in [-0.3, -0.25) is 9.59 Å². The van der Waals surface area contributed by atoms with E-state index in [2.05, 4.69) is 5.32 Å². The van der Waals surface area contributed by atoms with E-state index in [1.165, 1.54) is 6.92 Å². The van der Waals surface area contributed by atoms with Crippen LogP contribution >= 0.6 is 0 Å². The molecule has 3 heteroatoms. The molecule has 0 heterocycles. The van der Waals surface area contributed by atoms with Crippen LogP contribution in [0.15, 0.2) is 36.4 Å². The van der Waals surface area contributed by atoms with Gasteiger partial charge in [0, 0.05) is 23.7 Å². The first-order valence-electron chi connectivity index (χ1n) is 6.88. The van der Waals surface area contributed by atoms with Crippen molar-refractivity contribution in [2.75, 3.05) is 5.32 Å². The molecule has 0 saturated heterocycles. The minimum atomic E-state index is -0.115. The summed E-state index contributed by atoms with van der Waals surface area (Å²) in [6.07, 6.45) is 0. The second-order valence-electron chi connectivity index (χ2n) is 5.36. The average molecular weight is 281 g/mol. The minimum absolute atomic E-state index is 0.00803. The molecule has 2 aromatic carbocycles. The molecule has 0 saturated carbocycles. The number of benzene rings is 2. The molecule has 0 aromatic heterocycles. The van der Waals surface area contributed by atoms with Gasteiger partial charge in [-0.2, -0.15) is 0 Å². The van der Waals surface area contributed by atoms with Crippen LogP contribution in [0.1, 0.15) is 39.5 Å². The molecular formula is C18H19NO2. The fourth-order valence-corrected chi connectivity index (χ4v) is 2.33. The number of carbonyl (C=O) groups excluding carboxylic acids is 2. The zero-order chi connectivity index (χ0) is 15.6. The summed E-state index contributed by atoms with van der Waals surface area (Å²) < 4.78 is 0. The van der Waals surface area contributed by atoms with Gasteiger partial charge in [-0.15, -0.1) is 0 Å². The average Bonchev–Trinajstić information content (AvgIpc) is 2.41. The Morgan fingerprint density at radius 2 is 1.67 bits per heavy atom. The highest BCUT2D eigenvalue weighted by Crippen LogP contribution is 2.23. The molecule has 0 atom stereocenters. The molecule has 2 aromatic rings. The molecule has 0 unspecified atom stereocenters. The van der Waals surface area contributed by atoms with Crippen LogP contribution < -0.4 is 5.32 Å². The monoisotopic (exact) mass is 281 g/mol. The molecule has 108 valence electrons. The number of aryl methyl sites for hydroxylation is 3. The predicted molar refractivity (Wildman–Crippen MR) is 84.8 cm³/mol. The molecule has 3 nitrogen and oxygen atoms in total. The van der Waals surface area contributed by atoms with E-state index in [0.717, 1.165) is 22.4 Å². The van der Waals surface area contributed by atoms with Crippen LogP contribution in [0.25, 0.3) is 0 Å². The lowest BCUT2D eigenvalue weighted by atomic mass is 9.95. The Labute approximate surface area is 125 Å². The number of amides is 1. The van der Waals surface area contributed by atoms with Crippen molar-refractivity contribution < 1.29 is 9.59 Å². The zero-order valence-electron chi connectivity index (χ0n) is 12.8. The SMILES string of the molecule is CC(=O)Nc1cc(C)c(C(=O)c2cccc(C)c2)cc1C. The summed E-state index contributed by atoms with van der Waals surface area (Å²) in [5.74, 6) is -0.107. The maximum absolute atomic E-state index is 12.6. The molecular weight excluding hydrogens is 262 g/mol. The number of nitrogens with one attached hydrogen (secondary N) is 1. The van der Waals surface area contributed by atoms with E-state index < -0.39 is 0 Å². The summed E-state index contributed by atoms with van der Waals surface area (Å²) in [6, 6.07) is 11.3. The maximum Gasteiger partial charge on any atom is 0.221 e. The maximum atomic E-state index is 12.6. The molecule has 0 spiro atoms. The molecule has 0 radical (unpaired) electrons. The van der Waals surface area contributed by atoms with Crippen molar-refractivity contribution in [1.82, 2.24) is 0 Å². The number of hydrogen-bond acceptors (Lipinski definition) is 2. The van der Waals surface area contributed by atoms with Gasteiger partial charge in [-0.25, -0.2) is 0 Å². The van der Waals surface area contributed by atoms with Crippen LogP contribution in [-0.2, 0) is 4.79 Å². The summed E-state index contributed by atoms with van der Waals surface area (Å²) in [6.45, 7) is 7.21. The highest BCUT2D eigenvalue weighted by Gasteiger charge is 2.14. The van der Waals surface area contributed by atoms with Crippen molar-refractivity contribution in [3.8, 4) is 0 Å². The molecule has 0 fully saturated rings. The largest absolute Gasteiger partial charge is 0.326 e. The Morgan fingerprint density at radius 1 is 0.952 bits per heavy atom. The van der Waals surface area contributed by atoms with Crippen molar-refractivity contribution in [1.29, 1.82) is 0 Å². The molecule has 2 rings (SSSR count). The number of anilines is 1. The topological polar surface area (TPSA) is 46.2 Å². The van der Waals surface area contributed by atoms with E-state index in [1.807, 2.05) is 57.2 Å². The lowest BCUT2D eigenvalue weighted by Crippen LogP contribution is -2.10.